The van der Waals surface area contributed by atoms with E-state index >= 15 is 0 Å². The molecular weight excluding hydrogens is 242 g/mol. The first-order valence-electron chi connectivity index (χ1n) is 7.35. The molecule has 0 heterocycles. The second-order valence-electron chi connectivity index (χ2n) is 5.64. The van der Waals surface area contributed by atoms with E-state index in [4.69, 9.17) is 10.9 Å². The number of amides is 1. The smallest absolute Gasteiger partial charge is 0.234 e. The van der Waals surface area contributed by atoms with E-state index < -0.39 is 5.41 Å². The fraction of sp³-hybridized carbons (Fsp3) is 0.857. The Kier molecular flexibility index (Phi) is 6.12. The van der Waals surface area contributed by atoms with E-state index in [0.29, 0.717) is 12.8 Å². The van der Waals surface area contributed by atoms with Crippen LogP contribution in [0.15, 0.2) is 5.16 Å². The summed E-state index contributed by atoms with van der Waals surface area (Å²) in [6, 6.07) is 0.147. The van der Waals surface area contributed by atoms with Crippen LogP contribution in [0, 0.1) is 5.41 Å². The van der Waals surface area contributed by atoms with Gasteiger partial charge in [0.25, 0.3) is 0 Å². The molecule has 19 heavy (non-hydrogen) atoms. The van der Waals surface area contributed by atoms with Crippen LogP contribution in [-0.2, 0) is 4.79 Å². The molecule has 0 aromatic rings. The van der Waals surface area contributed by atoms with E-state index in [1.165, 1.54) is 19.3 Å². The van der Waals surface area contributed by atoms with Crippen LogP contribution in [0.3, 0.4) is 0 Å². The highest BCUT2D eigenvalue weighted by atomic mass is 16.4. The molecule has 1 unspecified atom stereocenters. The molecule has 5 heteroatoms. The van der Waals surface area contributed by atoms with Gasteiger partial charge in [-0.1, -0.05) is 44.2 Å². The number of nitrogens with one attached hydrogen (secondary N) is 1. The molecule has 1 amide bonds. The van der Waals surface area contributed by atoms with Crippen LogP contribution in [0.2, 0.25) is 0 Å². The van der Waals surface area contributed by atoms with Crippen LogP contribution in [0.5, 0.6) is 0 Å². The maximum atomic E-state index is 12.3. The molecule has 1 fully saturated rings. The van der Waals surface area contributed by atoms with Gasteiger partial charge in [-0.2, -0.15) is 0 Å². The Labute approximate surface area is 115 Å². The maximum absolute atomic E-state index is 12.3. The number of nitrogens with zero attached hydrogens (tertiary/aromatic N) is 1. The molecule has 0 spiro atoms. The standard InChI is InChI=1S/C14H27N3O2/c1-3-4-5-6-8-11(2)16-13(18)14(9-7-10-14)12(15)17-19/h11,19H,3-10H2,1-2H3,(H2,15,17)(H,16,18). The van der Waals surface area contributed by atoms with E-state index in [-0.39, 0.29) is 17.8 Å². The summed E-state index contributed by atoms with van der Waals surface area (Å²) in [7, 11) is 0. The Morgan fingerprint density at radius 2 is 2.11 bits per heavy atom. The normalized spacial score (nSPS) is 19.6. The number of carbonyl (C=O) groups is 1. The van der Waals surface area contributed by atoms with E-state index in [0.717, 1.165) is 19.3 Å². The second-order valence-corrected chi connectivity index (χ2v) is 5.64. The lowest BCUT2D eigenvalue weighted by Gasteiger charge is -2.39. The highest BCUT2D eigenvalue weighted by Crippen LogP contribution is 2.41. The third-order valence-electron chi connectivity index (χ3n) is 4.11. The van der Waals surface area contributed by atoms with Crippen molar-refractivity contribution in [2.24, 2.45) is 16.3 Å². The van der Waals surface area contributed by atoms with Crippen LogP contribution in [0.1, 0.15) is 65.2 Å². The molecule has 0 aromatic heterocycles. The molecule has 4 N–H and O–H groups in total. The van der Waals surface area contributed by atoms with E-state index in [2.05, 4.69) is 17.4 Å². The summed E-state index contributed by atoms with van der Waals surface area (Å²) in [6.07, 6.45) is 8.09. The van der Waals surface area contributed by atoms with Gasteiger partial charge in [-0.05, 0) is 26.2 Å². The van der Waals surface area contributed by atoms with Crippen LogP contribution in [0.4, 0.5) is 0 Å². The summed E-state index contributed by atoms with van der Waals surface area (Å²) in [5, 5.41) is 14.8. The van der Waals surface area contributed by atoms with Gasteiger partial charge in [-0.25, -0.2) is 0 Å². The Bertz CT molecular complexity index is 325. The molecule has 0 saturated heterocycles. The molecule has 1 aliphatic rings. The highest BCUT2D eigenvalue weighted by molar-refractivity contribution is 6.07. The lowest BCUT2D eigenvalue weighted by Crippen LogP contribution is -2.55. The number of hydrogen-bond donors (Lipinski definition) is 3. The topological polar surface area (TPSA) is 87.7 Å². The first kappa shape index (κ1) is 15.8. The quantitative estimate of drug-likeness (QED) is 0.208. The van der Waals surface area contributed by atoms with Gasteiger partial charge in [0.1, 0.15) is 5.41 Å². The molecule has 1 aliphatic carbocycles. The molecule has 1 rings (SSSR count). The lowest BCUT2D eigenvalue weighted by molar-refractivity contribution is -0.131. The minimum atomic E-state index is -0.758. The number of rotatable bonds is 8. The van der Waals surface area contributed by atoms with Crippen molar-refractivity contribution >= 4 is 11.7 Å². The molecule has 0 bridgehead atoms. The largest absolute Gasteiger partial charge is 0.409 e. The Hall–Kier alpha value is -1.26. The fourth-order valence-corrected chi connectivity index (χ4v) is 2.54. The summed E-state index contributed by atoms with van der Waals surface area (Å²) < 4.78 is 0. The van der Waals surface area contributed by atoms with E-state index in [9.17, 15) is 4.79 Å². The Morgan fingerprint density at radius 1 is 1.42 bits per heavy atom. The van der Waals surface area contributed by atoms with Gasteiger partial charge in [0, 0.05) is 6.04 Å². The zero-order chi connectivity index (χ0) is 14.3. The third kappa shape index (κ3) is 3.85. The van der Waals surface area contributed by atoms with Crippen molar-refractivity contribution in [2.75, 3.05) is 0 Å². The Balaban J connectivity index is 2.41. The van der Waals surface area contributed by atoms with Crippen molar-refractivity contribution in [2.45, 2.75) is 71.3 Å². The molecule has 1 atom stereocenters. The molecule has 1 saturated carbocycles. The molecule has 0 aromatic carbocycles. The first-order valence-corrected chi connectivity index (χ1v) is 7.35. The third-order valence-corrected chi connectivity index (χ3v) is 4.11. The van der Waals surface area contributed by atoms with Gasteiger partial charge in [0.2, 0.25) is 5.91 Å². The number of oxime groups is 1. The van der Waals surface area contributed by atoms with Crippen molar-refractivity contribution < 1.29 is 10.0 Å². The molecule has 0 aliphatic heterocycles. The summed E-state index contributed by atoms with van der Waals surface area (Å²) in [5.74, 6) is -0.0357. The van der Waals surface area contributed by atoms with Gasteiger partial charge in [0.15, 0.2) is 5.84 Å². The number of hydrogen-bond acceptors (Lipinski definition) is 3. The monoisotopic (exact) mass is 269 g/mol. The summed E-state index contributed by atoms with van der Waals surface area (Å²) in [4.78, 5) is 12.3. The van der Waals surface area contributed by atoms with Gasteiger partial charge >= 0.3 is 0 Å². The van der Waals surface area contributed by atoms with Crippen molar-refractivity contribution in [3.05, 3.63) is 0 Å². The summed E-state index contributed by atoms with van der Waals surface area (Å²) >= 11 is 0. The first-order chi connectivity index (χ1) is 9.06. The Morgan fingerprint density at radius 3 is 2.58 bits per heavy atom. The van der Waals surface area contributed by atoms with Gasteiger partial charge in [-0.3, -0.25) is 4.79 Å². The number of unbranched alkanes of at least 4 members (excludes halogenated alkanes) is 3. The van der Waals surface area contributed by atoms with Crippen LogP contribution < -0.4 is 11.1 Å². The average Bonchev–Trinajstić information content (AvgIpc) is 2.33. The van der Waals surface area contributed by atoms with Gasteiger partial charge in [-0.15, -0.1) is 0 Å². The second kappa shape index (κ2) is 7.36. The van der Waals surface area contributed by atoms with Crippen LogP contribution in [-0.4, -0.2) is 23.0 Å². The van der Waals surface area contributed by atoms with Gasteiger partial charge in [0.05, 0.1) is 0 Å². The molecule has 110 valence electrons. The predicted molar refractivity (Wildman–Crippen MR) is 76.1 cm³/mol. The summed E-state index contributed by atoms with van der Waals surface area (Å²) in [5.41, 5.74) is 4.91. The van der Waals surface area contributed by atoms with Crippen LogP contribution >= 0.6 is 0 Å². The predicted octanol–water partition coefficient (Wildman–Crippen LogP) is 2.38. The number of amidine groups is 1. The van der Waals surface area contributed by atoms with Crippen molar-refractivity contribution in [1.29, 1.82) is 0 Å². The highest BCUT2D eigenvalue weighted by Gasteiger charge is 2.48. The van der Waals surface area contributed by atoms with Crippen LogP contribution in [0.25, 0.3) is 0 Å². The molecule has 5 nitrogen and oxygen atoms in total. The van der Waals surface area contributed by atoms with Crippen molar-refractivity contribution in [1.82, 2.24) is 5.32 Å². The minimum absolute atomic E-state index is 0.0504. The van der Waals surface area contributed by atoms with Gasteiger partial charge < -0.3 is 16.3 Å². The fourth-order valence-electron chi connectivity index (χ4n) is 2.54. The zero-order valence-corrected chi connectivity index (χ0v) is 12.1. The SMILES string of the molecule is CCCCCCC(C)NC(=O)C1(C(N)=NO)CCC1. The lowest BCUT2D eigenvalue weighted by atomic mass is 9.67. The minimum Gasteiger partial charge on any atom is -0.409 e. The van der Waals surface area contributed by atoms with Crippen molar-refractivity contribution in [3.8, 4) is 0 Å². The molecule has 0 radical (unpaired) electrons. The maximum Gasteiger partial charge on any atom is 0.234 e. The number of nitrogens with two attached hydrogens (primary N) is 1. The number of carbonyl (C=O) groups excluding carboxylic acids is 1. The van der Waals surface area contributed by atoms with Crippen molar-refractivity contribution in [3.63, 3.8) is 0 Å². The zero-order valence-electron chi connectivity index (χ0n) is 12.1. The average molecular weight is 269 g/mol. The molecular formula is C14H27N3O2. The van der Waals surface area contributed by atoms with E-state index in [1.807, 2.05) is 6.92 Å². The van der Waals surface area contributed by atoms with E-state index in [1.54, 1.807) is 0 Å². The summed E-state index contributed by atoms with van der Waals surface area (Å²) in [6.45, 7) is 4.20.